The summed E-state index contributed by atoms with van der Waals surface area (Å²) in [5.41, 5.74) is 2.43. The van der Waals surface area contributed by atoms with Gasteiger partial charge in [0.25, 0.3) is 0 Å². The molecule has 2 aliphatic heterocycles. The first-order valence-corrected chi connectivity index (χ1v) is 13.9. The first-order valence-electron chi connectivity index (χ1n) is 13.0. The van der Waals surface area contributed by atoms with Crippen LogP contribution in [0.2, 0.25) is 0 Å². The van der Waals surface area contributed by atoms with Crippen LogP contribution in [0.3, 0.4) is 0 Å². The molecule has 2 aromatic carbocycles. The molecule has 0 spiro atoms. The summed E-state index contributed by atoms with van der Waals surface area (Å²) in [6, 6.07) is 10.9. The van der Waals surface area contributed by atoms with Gasteiger partial charge in [-0.3, -0.25) is 0 Å². The Labute approximate surface area is 232 Å². The van der Waals surface area contributed by atoms with Gasteiger partial charge in [0.05, 0.1) is 47.1 Å². The molecule has 4 heterocycles. The van der Waals surface area contributed by atoms with Crippen LogP contribution in [0.25, 0.3) is 11.0 Å². The molecule has 0 bridgehead atoms. The van der Waals surface area contributed by atoms with Crippen LogP contribution in [0.15, 0.2) is 53.0 Å². The van der Waals surface area contributed by atoms with E-state index in [1.807, 2.05) is 29.6 Å². The number of thiazole rings is 1. The lowest BCUT2D eigenvalue weighted by Crippen LogP contribution is -2.47. The summed E-state index contributed by atoms with van der Waals surface area (Å²) in [6.07, 6.45) is 0.0566. The molecule has 9 nitrogen and oxygen atoms in total. The first-order chi connectivity index (χ1) is 19.4. The van der Waals surface area contributed by atoms with Gasteiger partial charge in [0.1, 0.15) is 17.3 Å². The van der Waals surface area contributed by atoms with E-state index in [4.69, 9.17) is 14.6 Å². The van der Waals surface area contributed by atoms with Crippen LogP contribution in [-0.4, -0.2) is 57.1 Å². The number of piperidine rings is 1. The Morgan fingerprint density at radius 2 is 2.02 bits per heavy atom. The third kappa shape index (κ3) is 4.98. The number of halogens is 2. The van der Waals surface area contributed by atoms with Crippen molar-refractivity contribution in [3.05, 3.63) is 81.6 Å². The molecular formula is C28H27F2N5O4S. The Morgan fingerprint density at radius 3 is 2.83 bits per heavy atom. The first kappa shape index (κ1) is 26.5. The van der Waals surface area contributed by atoms with Gasteiger partial charge in [-0.25, -0.2) is 23.5 Å². The summed E-state index contributed by atoms with van der Waals surface area (Å²) in [4.78, 5) is 26.9. The number of nitrogens with one attached hydrogen (secondary N) is 1. The summed E-state index contributed by atoms with van der Waals surface area (Å²) in [7, 11) is 1.31. The number of aromatic nitrogens is 3. The van der Waals surface area contributed by atoms with Gasteiger partial charge in [-0.15, -0.1) is 11.3 Å². The van der Waals surface area contributed by atoms with Gasteiger partial charge in [0, 0.05) is 23.8 Å². The van der Waals surface area contributed by atoms with Crippen LogP contribution >= 0.6 is 11.3 Å². The third-order valence-electron chi connectivity index (χ3n) is 7.45. The molecule has 40 heavy (non-hydrogen) atoms. The van der Waals surface area contributed by atoms with Crippen molar-refractivity contribution in [2.45, 2.75) is 50.0 Å². The standard InChI is InChI=1S/C28H27F2N5O4S/c1-38-28(37)26-32-18-7-2-3-8-22(18)35(26)13-23(36)20-11-15(9-10-31-20)27-33-21(14-40-27)19-12-24(39-34-19)25-16(29)5-4-6-17(25)30/h2-8,14-15,20,23-24,31,36H,9-13H2,1H3. The number of hydrogen-bond acceptors (Lipinski definition) is 9. The minimum atomic E-state index is -0.839. The fraction of sp³-hybridized carbons (Fsp3) is 0.357. The maximum Gasteiger partial charge on any atom is 0.374 e. The summed E-state index contributed by atoms with van der Waals surface area (Å²) in [6.45, 7) is 0.856. The molecule has 2 aliphatic rings. The SMILES string of the molecule is COC(=O)c1nc2ccccc2n1CC(O)C1CC(c2nc(C3=NOC(c4c(F)cccc4F)C3)cs2)CCN1. The van der Waals surface area contributed by atoms with E-state index >= 15 is 0 Å². The molecule has 0 aliphatic carbocycles. The van der Waals surface area contributed by atoms with Gasteiger partial charge in [-0.2, -0.15) is 0 Å². The fourth-order valence-corrected chi connectivity index (χ4v) is 6.38. The molecule has 2 N–H and O–H groups in total. The summed E-state index contributed by atoms with van der Waals surface area (Å²) in [5.74, 6) is -1.65. The van der Waals surface area contributed by atoms with Gasteiger partial charge in [0.2, 0.25) is 5.82 Å². The largest absolute Gasteiger partial charge is 0.463 e. The van der Waals surface area contributed by atoms with E-state index in [1.165, 1.54) is 36.6 Å². The van der Waals surface area contributed by atoms with Crippen molar-refractivity contribution >= 4 is 34.1 Å². The van der Waals surface area contributed by atoms with E-state index in [9.17, 15) is 18.7 Å². The highest BCUT2D eigenvalue weighted by Gasteiger charge is 2.33. The second-order valence-electron chi connectivity index (χ2n) is 9.92. The lowest BCUT2D eigenvalue weighted by atomic mass is 9.90. The average Bonchev–Trinajstić information content (AvgIpc) is 3.72. The van der Waals surface area contributed by atoms with Crippen LogP contribution in [0, 0.1) is 11.6 Å². The number of oxime groups is 1. The van der Waals surface area contributed by atoms with E-state index < -0.39 is 29.8 Å². The monoisotopic (exact) mass is 567 g/mol. The zero-order chi connectivity index (χ0) is 27.8. The van der Waals surface area contributed by atoms with E-state index in [0.29, 0.717) is 29.9 Å². The van der Waals surface area contributed by atoms with Crippen molar-refractivity contribution in [1.82, 2.24) is 19.9 Å². The van der Waals surface area contributed by atoms with Crippen molar-refractivity contribution in [2.75, 3.05) is 13.7 Å². The molecular weight excluding hydrogens is 540 g/mol. The summed E-state index contributed by atoms with van der Waals surface area (Å²) in [5, 5.41) is 21.5. The second-order valence-corrected chi connectivity index (χ2v) is 10.8. The van der Waals surface area contributed by atoms with Crippen LogP contribution in [-0.2, 0) is 16.1 Å². The zero-order valence-corrected chi connectivity index (χ0v) is 22.4. The summed E-state index contributed by atoms with van der Waals surface area (Å²) >= 11 is 1.50. The molecule has 6 rings (SSSR count). The van der Waals surface area contributed by atoms with Crippen molar-refractivity contribution < 1.29 is 28.3 Å². The van der Waals surface area contributed by atoms with Gasteiger partial charge in [0.15, 0.2) is 6.10 Å². The highest BCUT2D eigenvalue weighted by Crippen LogP contribution is 2.35. The molecule has 4 atom stereocenters. The molecule has 0 radical (unpaired) electrons. The summed E-state index contributed by atoms with van der Waals surface area (Å²) < 4.78 is 35.0. The lowest BCUT2D eigenvalue weighted by Gasteiger charge is -2.32. The van der Waals surface area contributed by atoms with E-state index in [1.54, 1.807) is 4.57 Å². The topological polar surface area (TPSA) is 111 Å². The number of carbonyl (C=O) groups excluding carboxylic acids is 1. The van der Waals surface area contributed by atoms with Crippen LogP contribution in [0.5, 0.6) is 0 Å². The van der Waals surface area contributed by atoms with Crippen molar-refractivity contribution in [2.24, 2.45) is 5.16 Å². The van der Waals surface area contributed by atoms with Gasteiger partial charge < -0.3 is 24.6 Å². The highest BCUT2D eigenvalue weighted by molar-refractivity contribution is 7.10. The Balaban J connectivity index is 1.14. The number of para-hydroxylation sites is 2. The number of esters is 1. The molecule has 1 saturated heterocycles. The molecule has 12 heteroatoms. The number of nitrogens with zero attached hydrogens (tertiary/aromatic N) is 4. The number of rotatable bonds is 7. The quantitative estimate of drug-likeness (QED) is 0.320. The number of aliphatic hydroxyl groups is 1. The molecule has 208 valence electrons. The van der Waals surface area contributed by atoms with Crippen molar-refractivity contribution in [1.29, 1.82) is 0 Å². The zero-order valence-electron chi connectivity index (χ0n) is 21.6. The number of aliphatic hydroxyl groups excluding tert-OH is 1. The normalized spacial score (nSPS) is 21.7. The second kappa shape index (κ2) is 11.0. The van der Waals surface area contributed by atoms with Crippen LogP contribution in [0.4, 0.5) is 8.78 Å². The van der Waals surface area contributed by atoms with E-state index in [-0.39, 0.29) is 36.3 Å². The van der Waals surface area contributed by atoms with Crippen LogP contribution in [0.1, 0.15) is 58.2 Å². The van der Waals surface area contributed by atoms with Gasteiger partial charge in [-0.1, -0.05) is 23.4 Å². The predicted octanol–water partition coefficient (Wildman–Crippen LogP) is 4.32. The minimum absolute atomic E-state index is 0.0991. The Morgan fingerprint density at radius 1 is 1.23 bits per heavy atom. The Kier molecular flexibility index (Phi) is 7.30. The minimum Gasteiger partial charge on any atom is -0.463 e. The number of imidazole rings is 1. The van der Waals surface area contributed by atoms with Crippen molar-refractivity contribution in [3.8, 4) is 0 Å². The molecule has 4 aromatic rings. The van der Waals surface area contributed by atoms with E-state index in [0.717, 1.165) is 16.9 Å². The van der Waals surface area contributed by atoms with Gasteiger partial charge >= 0.3 is 5.97 Å². The highest BCUT2D eigenvalue weighted by atomic mass is 32.1. The van der Waals surface area contributed by atoms with Gasteiger partial charge in [-0.05, 0) is 43.7 Å². The predicted molar refractivity (Wildman–Crippen MR) is 144 cm³/mol. The third-order valence-corrected chi connectivity index (χ3v) is 8.46. The number of ether oxygens (including phenoxy) is 1. The molecule has 0 amide bonds. The maximum absolute atomic E-state index is 14.2. The van der Waals surface area contributed by atoms with E-state index in [2.05, 4.69) is 15.5 Å². The smallest absolute Gasteiger partial charge is 0.374 e. The number of methoxy groups -OCH3 is 1. The number of fused-ring (bicyclic) bond motifs is 1. The van der Waals surface area contributed by atoms with Crippen LogP contribution < -0.4 is 5.32 Å². The number of carbonyl (C=O) groups is 1. The molecule has 4 unspecified atom stereocenters. The number of hydrogen-bond donors (Lipinski definition) is 2. The maximum atomic E-state index is 14.2. The molecule has 1 fully saturated rings. The lowest BCUT2D eigenvalue weighted by molar-refractivity contribution is 0.0567. The Hall–Kier alpha value is -3.74. The molecule has 0 saturated carbocycles. The average molecular weight is 568 g/mol. The fourth-order valence-electron chi connectivity index (χ4n) is 5.40. The Bertz CT molecular complexity index is 1570. The number of benzene rings is 2. The van der Waals surface area contributed by atoms with Crippen molar-refractivity contribution in [3.63, 3.8) is 0 Å². The molecule has 2 aromatic heterocycles.